The zero-order valence-electron chi connectivity index (χ0n) is 12.2. The second-order valence-electron chi connectivity index (χ2n) is 5.14. The van der Waals surface area contributed by atoms with E-state index in [-0.39, 0.29) is 12.5 Å². The summed E-state index contributed by atoms with van der Waals surface area (Å²) in [5.74, 6) is -0.726. The molecule has 1 aliphatic rings. The quantitative estimate of drug-likeness (QED) is 0.861. The number of carboxylic acids is 1. The molecule has 0 aliphatic carbocycles. The molecule has 1 aromatic rings. The lowest BCUT2D eigenvalue weighted by Crippen LogP contribution is -2.28. The van der Waals surface area contributed by atoms with Crippen molar-refractivity contribution in [3.8, 4) is 5.75 Å². The summed E-state index contributed by atoms with van der Waals surface area (Å²) in [6.45, 7) is 2.62. The second-order valence-corrected chi connectivity index (χ2v) is 5.14. The number of aliphatic carboxylic acids is 1. The fourth-order valence-corrected chi connectivity index (χ4v) is 2.49. The van der Waals surface area contributed by atoms with Crippen LogP contribution in [0.1, 0.15) is 18.9 Å². The number of likely N-dealkylation sites (tertiary alicyclic amines) is 1. The average Bonchev–Trinajstić information content (AvgIpc) is 2.97. The summed E-state index contributed by atoms with van der Waals surface area (Å²) >= 11 is 0. The number of hydrogen-bond donors (Lipinski definition) is 1. The summed E-state index contributed by atoms with van der Waals surface area (Å²) in [7, 11) is 1.59. The Morgan fingerprint density at radius 3 is 2.71 bits per heavy atom. The Labute approximate surface area is 123 Å². The van der Waals surface area contributed by atoms with Gasteiger partial charge in [0.2, 0.25) is 5.91 Å². The molecule has 0 radical (unpaired) electrons. The minimum atomic E-state index is -0.837. The zero-order valence-corrected chi connectivity index (χ0v) is 12.2. The van der Waals surface area contributed by atoms with Crippen LogP contribution in [0.3, 0.4) is 0 Å². The van der Waals surface area contributed by atoms with E-state index in [9.17, 15) is 9.59 Å². The van der Waals surface area contributed by atoms with Gasteiger partial charge in [-0.3, -0.25) is 9.59 Å². The predicted octanol–water partition coefficient (Wildman–Crippen LogP) is 2.03. The van der Waals surface area contributed by atoms with Crippen molar-refractivity contribution in [1.82, 2.24) is 4.90 Å². The fraction of sp³-hybridized carbons (Fsp3) is 0.375. The van der Waals surface area contributed by atoms with Gasteiger partial charge >= 0.3 is 5.97 Å². The first-order valence-corrected chi connectivity index (χ1v) is 6.86. The van der Waals surface area contributed by atoms with Crippen molar-refractivity contribution in [3.63, 3.8) is 0 Å². The largest absolute Gasteiger partial charge is 0.496 e. The standard InChI is InChI=1S/C16H19NO4/c1-11(13-5-3-4-6-14(13)21-2)9-15(18)17-8-7-12(10-17)16(19)20/h3-6,9,12H,7-8,10H2,1-2H3,(H,19,20)/b11-9+. The van der Waals surface area contributed by atoms with Crippen LogP contribution in [0.4, 0.5) is 0 Å². The number of nitrogens with zero attached hydrogens (tertiary/aromatic N) is 1. The van der Waals surface area contributed by atoms with Crippen molar-refractivity contribution in [1.29, 1.82) is 0 Å². The number of carbonyl (C=O) groups is 2. The molecule has 0 aromatic heterocycles. The minimum absolute atomic E-state index is 0.151. The van der Waals surface area contributed by atoms with Gasteiger partial charge in [0, 0.05) is 24.7 Å². The van der Waals surface area contributed by atoms with E-state index in [0.717, 1.165) is 11.1 Å². The van der Waals surface area contributed by atoms with E-state index >= 15 is 0 Å². The van der Waals surface area contributed by atoms with Gasteiger partial charge in [-0.05, 0) is 25.0 Å². The van der Waals surface area contributed by atoms with Crippen LogP contribution in [0.5, 0.6) is 5.75 Å². The highest BCUT2D eigenvalue weighted by Crippen LogP contribution is 2.26. The van der Waals surface area contributed by atoms with Crippen molar-refractivity contribution < 1.29 is 19.4 Å². The van der Waals surface area contributed by atoms with E-state index < -0.39 is 11.9 Å². The van der Waals surface area contributed by atoms with Crippen molar-refractivity contribution in [2.75, 3.05) is 20.2 Å². The van der Waals surface area contributed by atoms with Gasteiger partial charge in [-0.2, -0.15) is 0 Å². The number of carbonyl (C=O) groups excluding carboxylic acids is 1. The highest BCUT2D eigenvalue weighted by Gasteiger charge is 2.30. The van der Waals surface area contributed by atoms with E-state index in [2.05, 4.69) is 0 Å². The first-order chi connectivity index (χ1) is 10.0. The molecule has 1 saturated heterocycles. The number of methoxy groups -OCH3 is 1. The van der Waals surface area contributed by atoms with Crippen LogP contribution in [0.15, 0.2) is 30.3 Å². The second kappa shape index (κ2) is 6.43. The van der Waals surface area contributed by atoms with Gasteiger partial charge < -0.3 is 14.7 Å². The van der Waals surface area contributed by atoms with Crippen LogP contribution in [0.2, 0.25) is 0 Å². The molecule has 1 aromatic carbocycles. The number of benzene rings is 1. The molecular formula is C16H19NO4. The number of rotatable bonds is 4. The van der Waals surface area contributed by atoms with Crippen LogP contribution < -0.4 is 4.74 Å². The summed E-state index contributed by atoms with van der Waals surface area (Å²) in [6.07, 6.45) is 2.06. The normalized spacial score (nSPS) is 18.7. The van der Waals surface area contributed by atoms with Gasteiger partial charge in [0.05, 0.1) is 13.0 Å². The van der Waals surface area contributed by atoms with E-state index in [0.29, 0.717) is 18.7 Å². The van der Waals surface area contributed by atoms with E-state index in [1.165, 1.54) is 0 Å². The molecule has 1 heterocycles. The maximum Gasteiger partial charge on any atom is 0.308 e. The van der Waals surface area contributed by atoms with Gasteiger partial charge in [0.15, 0.2) is 0 Å². The van der Waals surface area contributed by atoms with Crippen molar-refractivity contribution in [2.24, 2.45) is 5.92 Å². The molecule has 1 atom stereocenters. The third-order valence-corrected chi connectivity index (χ3v) is 3.72. The summed E-state index contributed by atoms with van der Waals surface area (Å²) in [4.78, 5) is 24.7. The summed E-state index contributed by atoms with van der Waals surface area (Å²) in [5.41, 5.74) is 1.67. The lowest BCUT2D eigenvalue weighted by Gasteiger charge is -2.14. The molecule has 0 saturated carbocycles. The number of para-hydroxylation sites is 1. The van der Waals surface area contributed by atoms with Crippen LogP contribution >= 0.6 is 0 Å². The SMILES string of the molecule is COc1ccccc1/C(C)=C/C(=O)N1CCC(C(=O)O)C1. The molecule has 0 bridgehead atoms. The molecule has 1 amide bonds. The van der Waals surface area contributed by atoms with Crippen LogP contribution in [0, 0.1) is 5.92 Å². The van der Waals surface area contributed by atoms with Crippen molar-refractivity contribution >= 4 is 17.4 Å². The highest BCUT2D eigenvalue weighted by molar-refractivity contribution is 5.96. The van der Waals surface area contributed by atoms with Crippen molar-refractivity contribution in [3.05, 3.63) is 35.9 Å². The minimum Gasteiger partial charge on any atom is -0.496 e. The van der Waals surface area contributed by atoms with Crippen LogP contribution in [-0.4, -0.2) is 42.1 Å². The van der Waals surface area contributed by atoms with Gasteiger partial charge in [-0.25, -0.2) is 0 Å². The molecule has 0 spiro atoms. The Kier molecular flexibility index (Phi) is 4.62. The zero-order chi connectivity index (χ0) is 15.4. The molecule has 5 nitrogen and oxygen atoms in total. The first-order valence-electron chi connectivity index (χ1n) is 6.86. The smallest absolute Gasteiger partial charge is 0.308 e. The van der Waals surface area contributed by atoms with Gasteiger partial charge in [-0.1, -0.05) is 18.2 Å². The fourth-order valence-electron chi connectivity index (χ4n) is 2.49. The topological polar surface area (TPSA) is 66.8 Å². The number of carboxylic acid groups (broad SMARTS) is 1. The van der Waals surface area contributed by atoms with Crippen LogP contribution in [-0.2, 0) is 9.59 Å². The summed E-state index contributed by atoms with van der Waals surface area (Å²) in [5, 5.41) is 8.97. The number of allylic oxidation sites excluding steroid dienone is 1. The Bertz CT molecular complexity index is 579. The number of hydrogen-bond acceptors (Lipinski definition) is 3. The third-order valence-electron chi connectivity index (χ3n) is 3.72. The maximum absolute atomic E-state index is 12.2. The first kappa shape index (κ1) is 15.1. The Morgan fingerprint density at radius 1 is 1.38 bits per heavy atom. The summed E-state index contributed by atoms with van der Waals surface area (Å²) in [6, 6.07) is 7.49. The van der Waals surface area contributed by atoms with Gasteiger partial charge in [0.1, 0.15) is 5.75 Å². The number of amides is 1. The Balaban J connectivity index is 2.12. The molecular weight excluding hydrogens is 270 g/mol. The molecule has 21 heavy (non-hydrogen) atoms. The van der Waals surface area contributed by atoms with E-state index in [1.807, 2.05) is 31.2 Å². The Hall–Kier alpha value is -2.30. The monoisotopic (exact) mass is 289 g/mol. The lowest BCUT2D eigenvalue weighted by molar-refractivity contribution is -0.141. The van der Waals surface area contributed by atoms with Crippen LogP contribution in [0.25, 0.3) is 5.57 Å². The van der Waals surface area contributed by atoms with Gasteiger partial charge in [0.25, 0.3) is 0 Å². The predicted molar refractivity (Wildman–Crippen MR) is 79.0 cm³/mol. The molecule has 5 heteroatoms. The number of ether oxygens (including phenoxy) is 1. The molecule has 1 unspecified atom stereocenters. The van der Waals surface area contributed by atoms with E-state index in [1.54, 1.807) is 18.1 Å². The molecule has 2 rings (SSSR count). The van der Waals surface area contributed by atoms with Crippen molar-refractivity contribution in [2.45, 2.75) is 13.3 Å². The Morgan fingerprint density at radius 2 is 2.10 bits per heavy atom. The molecule has 112 valence electrons. The summed E-state index contributed by atoms with van der Waals surface area (Å²) < 4.78 is 5.28. The lowest BCUT2D eigenvalue weighted by atomic mass is 10.1. The molecule has 1 N–H and O–H groups in total. The third kappa shape index (κ3) is 3.42. The molecule has 1 aliphatic heterocycles. The average molecular weight is 289 g/mol. The van der Waals surface area contributed by atoms with E-state index in [4.69, 9.17) is 9.84 Å². The van der Waals surface area contributed by atoms with Gasteiger partial charge in [-0.15, -0.1) is 0 Å². The molecule has 1 fully saturated rings. The maximum atomic E-state index is 12.2. The highest BCUT2D eigenvalue weighted by atomic mass is 16.5.